The predicted molar refractivity (Wildman–Crippen MR) is 35.2 cm³/mol. The van der Waals surface area contributed by atoms with E-state index in [1.807, 2.05) is 0 Å². The summed E-state index contributed by atoms with van der Waals surface area (Å²) < 4.78 is 10.2. The van der Waals surface area contributed by atoms with Crippen LogP contribution in [-0.2, 0) is 8.85 Å². The molecular weight excluding hydrogens is 134 g/mol. The van der Waals surface area contributed by atoms with Crippen LogP contribution in [0.5, 0.6) is 0 Å². The topological polar surface area (TPSA) is 21.7 Å². The number of hydrogen-bond acceptors (Lipinski definition) is 3. The van der Waals surface area contributed by atoms with Gasteiger partial charge < -0.3 is 13.8 Å². The molecular formula is C5H11NO2Si. The molecule has 0 atom stereocenters. The van der Waals surface area contributed by atoms with Gasteiger partial charge in [0, 0.05) is 26.3 Å². The second kappa shape index (κ2) is 4.00. The van der Waals surface area contributed by atoms with E-state index >= 15 is 0 Å². The van der Waals surface area contributed by atoms with Crippen LogP contribution >= 0.6 is 0 Å². The summed E-state index contributed by atoms with van der Waals surface area (Å²) in [6.07, 6.45) is 0. The van der Waals surface area contributed by atoms with Gasteiger partial charge in [-0.2, -0.15) is 0 Å². The Balaban J connectivity index is 2.12. The molecule has 4 heteroatoms. The van der Waals surface area contributed by atoms with Crippen LogP contribution in [0.4, 0.5) is 0 Å². The quantitative estimate of drug-likeness (QED) is 0.429. The van der Waals surface area contributed by atoms with Crippen LogP contribution in [0.15, 0.2) is 0 Å². The van der Waals surface area contributed by atoms with Crippen molar-refractivity contribution in [1.82, 2.24) is 4.90 Å². The molecule has 0 aromatic carbocycles. The number of nitrogens with zero attached hydrogens (tertiary/aromatic N) is 1. The lowest BCUT2D eigenvalue weighted by Gasteiger charge is -2.18. The highest BCUT2D eigenvalue weighted by Gasteiger charge is 2.03. The Morgan fingerprint density at radius 1 is 1.22 bits per heavy atom. The Morgan fingerprint density at radius 2 is 1.78 bits per heavy atom. The Kier molecular flexibility index (Phi) is 3.20. The summed E-state index contributed by atoms with van der Waals surface area (Å²) in [5.74, 6) is 0. The van der Waals surface area contributed by atoms with E-state index in [1.54, 1.807) is 0 Å². The molecule has 0 aromatic heterocycles. The number of rotatable bonds is 0. The van der Waals surface area contributed by atoms with E-state index in [2.05, 4.69) is 11.9 Å². The maximum atomic E-state index is 5.11. The highest BCUT2D eigenvalue weighted by molar-refractivity contribution is 6.17. The van der Waals surface area contributed by atoms with Crippen LogP contribution < -0.4 is 0 Å². The average molecular weight is 145 g/mol. The minimum absolute atomic E-state index is 0.253. The lowest BCUT2D eigenvalue weighted by molar-refractivity contribution is 0.141. The molecule has 1 heterocycles. The van der Waals surface area contributed by atoms with Crippen molar-refractivity contribution < 1.29 is 8.85 Å². The largest absolute Gasteiger partial charge is 0.433 e. The van der Waals surface area contributed by atoms with Gasteiger partial charge in [-0.25, -0.2) is 0 Å². The summed E-state index contributed by atoms with van der Waals surface area (Å²) >= 11 is 0. The molecule has 0 bridgehead atoms. The zero-order valence-corrected chi connectivity index (χ0v) is 6.59. The van der Waals surface area contributed by atoms with E-state index in [0.717, 1.165) is 26.3 Å². The number of likely N-dealkylation sites (N-methyl/N-ethyl adjacent to an activating group) is 1. The fourth-order valence-corrected chi connectivity index (χ4v) is 1.07. The molecule has 1 aliphatic rings. The van der Waals surface area contributed by atoms with E-state index in [-0.39, 0.29) is 10.0 Å². The SMILES string of the molecule is CN1CCO[Si]OCC1. The van der Waals surface area contributed by atoms with Crippen molar-refractivity contribution >= 4 is 10.0 Å². The van der Waals surface area contributed by atoms with Gasteiger partial charge in [0.2, 0.25) is 0 Å². The fraction of sp³-hybridized carbons (Fsp3) is 1.00. The van der Waals surface area contributed by atoms with Gasteiger partial charge in [-0.05, 0) is 7.05 Å². The molecule has 9 heavy (non-hydrogen) atoms. The first-order valence-electron chi connectivity index (χ1n) is 3.07. The van der Waals surface area contributed by atoms with Crippen molar-refractivity contribution in [2.45, 2.75) is 0 Å². The van der Waals surface area contributed by atoms with Crippen molar-refractivity contribution in [3.8, 4) is 0 Å². The predicted octanol–water partition coefficient (Wildman–Crippen LogP) is -0.501. The molecule has 0 aliphatic carbocycles. The highest BCUT2D eigenvalue weighted by Crippen LogP contribution is 1.87. The average Bonchev–Trinajstić information content (AvgIpc) is 1.79. The molecule has 2 radical (unpaired) electrons. The highest BCUT2D eigenvalue weighted by atomic mass is 28.3. The minimum atomic E-state index is 0.253. The molecule has 0 spiro atoms. The molecule has 1 aliphatic heterocycles. The lowest BCUT2D eigenvalue weighted by Crippen LogP contribution is -2.31. The third-order valence-corrected chi connectivity index (χ3v) is 1.91. The van der Waals surface area contributed by atoms with Crippen molar-refractivity contribution in [3.05, 3.63) is 0 Å². The van der Waals surface area contributed by atoms with E-state index < -0.39 is 0 Å². The molecule has 0 unspecified atom stereocenters. The third kappa shape index (κ3) is 2.95. The molecule has 3 nitrogen and oxygen atoms in total. The van der Waals surface area contributed by atoms with Gasteiger partial charge in [-0.3, -0.25) is 0 Å². The normalized spacial score (nSPS) is 25.0. The monoisotopic (exact) mass is 145 g/mol. The van der Waals surface area contributed by atoms with Crippen LogP contribution in [0.2, 0.25) is 0 Å². The summed E-state index contributed by atoms with van der Waals surface area (Å²) in [7, 11) is 2.32. The zero-order chi connectivity index (χ0) is 6.53. The standard InChI is InChI=1S/C5H11NO2Si/c1-6-2-4-7-9-8-5-3-6/h2-5H2,1H3. The van der Waals surface area contributed by atoms with E-state index in [0.29, 0.717) is 0 Å². The molecule has 1 fully saturated rings. The molecule has 0 saturated carbocycles. The Bertz CT molecular complexity index is 73.4. The molecule has 52 valence electrons. The summed E-state index contributed by atoms with van der Waals surface area (Å²) in [4.78, 5) is 2.20. The van der Waals surface area contributed by atoms with E-state index in [9.17, 15) is 0 Å². The second-order valence-electron chi connectivity index (χ2n) is 2.08. The maximum absolute atomic E-state index is 5.11. The maximum Gasteiger partial charge on any atom is 0.433 e. The Labute approximate surface area is 58.0 Å². The van der Waals surface area contributed by atoms with Crippen LogP contribution in [0.1, 0.15) is 0 Å². The van der Waals surface area contributed by atoms with E-state index in [1.165, 1.54) is 0 Å². The molecule has 0 aromatic rings. The fourth-order valence-electron chi connectivity index (χ4n) is 0.640. The van der Waals surface area contributed by atoms with Crippen molar-refractivity contribution in [3.63, 3.8) is 0 Å². The van der Waals surface area contributed by atoms with Crippen LogP contribution in [0.3, 0.4) is 0 Å². The van der Waals surface area contributed by atoms with Gasteiger partial charge in [-0.1, -0.05) is 0 Å². The first-order valence-corrected chi connectivity index (χ1v) is 3.88. The first kappa shape index (κ1) is 7.21. The summed E-state index contributed by atoms with van der Waals surface area (Å²) in [6.45, 7) is 3.65. The smallest absolute Gasteiger partial charge is 0.391 e. The van der Waals surface area contributed by atoms with Crippen molar-refractivity contribution in [2.24, 2.45) is 0 Å². The molecule has 1 saturated heterocycles. The van der Waals surface area contributed by atoms with Crippen molar-refractivity contribution in [2.75, 3.05) is 33.4 Å². The Morgan fingerprint density at radius 3 is 2.33 bits per heavy atom. The summed E-state index contributed by atoms with van der Waals surface area (Å²) in [5.41, 5.74) is 0. The Hall–Kier alpha value is 0.0969. The van der Waals surface area contributed by atoms with Gasteiger partial charge in [0.15, 0.2) is 0 Å². The van der Waals surface area contributed by atoms with Crippen LogP contribution in [0.25, 0.3) is 0 Å². The van der Waals surface area contributed by atoms with Gasteiger partial charge >= 0.3 is 10.0 Å². The van der Waals surface area contributed by atoms with Crippen LogP contribution in [-0.4, -0.2) is 48.3 Å². The summed E-state index contributed by atoms with van der Waals surface area (Å²) in [6, 6.07) is 0. The zero-order valence-electron chi connectivity index (χ0n) is 5.59. The molecule has 0 amide bonds. The second-order valence-corrected chi connectivity index (χ2v) is 2.83. The number of hydrogen-bond donors (Lipinski definition) is 0. The van der Waals surface area contributed by atoms with Crippen LogP contribution in [0, 0.1) is 0 Å². The van der Waals surface area contributed by atoms with E-state index in [4.69, 9.17) is 8.85 Å². The van der Waals surface area contributed by atoms with Crippen molar-refractivity contribution in [1.29, 1.82) is 0 Å². The first-order chi connectivity index (χ1) is 4.39. The lowest BCUT2D eigenvalue weighted by atomic mass is 10.5. The van der Waals surface area contributed by atoms with Gasteiger partial charge in [-0.15, -0.1) is 0 Å². The van der Waals surface area contributed by atoms with Gasteiger partial charge in [0.1, 0.15) is 0 Å². The third-order valence-electron chi connectivity index (χ3n) is 1.27. The molecule has 1 rings (SSSR count). The van der Waals surface area contributed by atoms with Gasteiger partial charge in [0.25, 0.3) is 0 Å². The molecule has 0 N–H and O–H groups in total. The summed E-state index contributed by atoms with van der Waals surface area (Å²) in [5, 5.41) is 0. The minimum Gasteiger partial charge on any atom is -0.391 e. The van der Waals surface area contributed by atoms with Gasteiger partial charge in [0.05, 0.1) is 0 Å².